The Bertz CT molecular complexity index is 1260. The highest BCUT2D eigenvalue weighted by Crippen LogP contribution is 2.50. The third-order valence-corrected chi connectivity index (χ3v) is 8.77. The first-order chi connectivity index (χ1) is 18.7. The minimum atomic E-state index is -4.77. The molecular weight excluding hydrogens is 536 g/mol. The number of alkyl halides is 6. The van der Waals surface area contributed by atoms with Crippen LogP contribution in [-0.2, 0) is 28.3 Å². The summed E-state index contributed by atoms with van der Waals surface area (Å²) in [7, 11) is 1.39. The van der Waals surface area contributed by atoms with E-state index >= 15 is 0 Å². The first-order valence-electron chi connectivity index (χ1n) is 13.6. The minimum absolute atomic E-state index is 0.0335. The number of aryl methyl sites for hydroxylation is 1. The number of esters is 1. The summed E-state index contributed by atoms with van der Waals surface area (Å²) in [6, 6.07) is 6.54. The van der Waals surface area contributed by atoms with E-state index in [-0.39, 0.29) is 23.8 Å². The lowest BCUT2D eigenvalue weighted by Crippen LogP contribution is -2.58. The Labute approximate surface area is 229 Å². The lowest BCUT2D eigenvalue weighted by atomic mass is 9.70. The van der Waals surface area contributed by atoms with E-state index in [9.17, 15) is 31.1 Å². The number of benzene rings is 2. The van der Waals surface area contributed by atoms with Crippen molar-refractivity contribution in [2.75, 3.05) is 7.11 Å². The van der Waals surface area contributed by atoms with Crippen LogP contribution in [0, 0.1) is 11.8 Å². The molecule has 1 unspecified atom stereocenters. The summed E-state index contributed by atoms with van der Waals surface area (Å²) in [6.07, 6.45) is -4.80. The SMILES string of the molecule is COC(=O)[C@@H](C)[C@H](c1ccc2c(c1)OC1(CC2)CC(NC(C)c2cc(C(F)(F)F)ccc2C(F)(F)F)C1)C1CC1. The smallest absolute Gasteiger partial charge is 0.416 e. The van der Waals surface area contributed by atoms with Crippen LogP contribution in [0.5, 0.6) is 5.75 Å². The maximum Gasteiger partial charge on any atom is 0.416 e. The molecule has 40 heavy (non-hydrogen) atoms. The van der Waals surface area contributed by atoms with E-state index in [0.29, 0.717) is 37.0 Å². The highest BCUT2D eigenvalue weighted by Gasteiger charge is 2.49. The summed E-state index contributed by atoms with van der Waals surface area (Å²) in [5.74, 6) is 0.676. The van der Waals surface area contributed by atoms with Crippen LogP contribution >= 0.6 is 0 Å². The zero-order valence-corrected chi connectivity index (χ0v) is 22.6. The Morgan fingerprint density at radius 1 is 1.02 bits per heavy atom. The summed E-state index contributed by atoms with van der Waals surface area (Å²) in [5, 5.41) is 3.11. The van der Waals surface area contributed by atoms with Crippen molar-refractivity contribution in [1.29, 1.82) is 0 Å². The molecule has 0 radical (unpaired) electrons. The third-order valence-electron chi connectivity index (χ3n) is 8.77. The Kier molecular flexibility index (Phi) is 7.38. The number of hydrogen-bond donors (Lipinski definition) is 1. The van der Waals surface area contributed by atoms with Crippen molar-refractivity contribution in [2.24, 2.45) is 11.8 Å². The van der Waals surface area contributed by atoms with Crippen molar-refractivity contribution in [3.63, 3.8) is 0 Å². The molecule has 0 bridgehead atoms. The standard InChI is InChI=1S/C30H33F6NO3/c1-16(27(38)39-3)26(19-5-6-19)20-7-4-18-10-11-28(40-25(18)12-20)14-22(15-28)37-17(2)23-13-21(29(31,32)33)8-9-24(23)30(34,35)36/h4,7-9,12-13,16-17,19,22,26,37H,5-6,10-11,14-15H2,1-3H3/t16-,17?,22?,26-,28?/m0/s1. The quantitative estimate of drug-likeness (QED) is 0.276. The Balaban J connectivity index is 1.29. The predicted octanol–water partition coefficient (Wildman–Crippen LogP) is 7.60. The van der Waals surface area contributed by atoms with Gasteiger partial charge in [0, 0.05) is 24.9 Å². The van der Waals surface area contributed by atoms with E-state index in [2.05, 4.69) is 11.4 Å². The van der Waals surface area contributed by atoms with Crippen molar-refractivity contribution in [3.8, 4) is 5.75 Å². The van der Waals surface area contributed by atoms with Crippen molar-refractivity contribution in [2.45, 2.75) is 88.3 Å². The molecule has 1 spiro atoms. The molecule has 1 heterocycles. The predicted molar refractivity (Wildman–Crippen MR) is 136 cm³/mol. The number of halogens is 6. The van der Waals surface area contributed by atoms with Gasteiger partial charge in [-0.25, -0.2) is 0 Å². The first kappa shape index (κ1) is 28.8. The van der Waals surface area contributed by atoms with Gasteiger partial charge in [0.25, 0.3) is 0 Å². The summed E-state index contributed by atoms with van der Waals surface area (Å²) in [6.45, 7) is 3.34. The first-order valence-corrected chi connectivity index (χ1v) is 13.6. The number of hydrogen-bond acceptors (Lipinski definition) is 4. The second-order valence-electron chi connectivity index (χ2n) is 11.6. The Morgan fingerprint density at radius 3 is 2.33 bits per heavy atom. The fraction of sp³-hybridized carbons (Fsp3) is 0.567. The molecule has 0 saturated heterocycles. The summed E-state index contributed by atoms with van der Waals surface area (Å²) < 4.78 is 92.0. The van der Waals surface area contributed by atoms with Crippen LogP contribution in [0.1, 0.15) is 85.7 Å². The average molecular weight is 570 g/mol. The van der Waals surface area contributed by atoms with Gasteiger partial charge in [0.2, 0.25) is 0 Å². The van der Waals surface area contributed by atoms with E-state index in [1.54, 1.807) is 0 Å². The number of methoxy groups -OCH3 is 1. The lowest BCUT2D eigenvalue weighted by molar-refractivity contribution is -0.146. The zero-order chi connectivity index (χ0) is 29.0. The normalized spacial score (nSPS) is 24.9. The van der Waals surface area contributed by atoms with E-state index in [1.165, 1.54) is 14.0 Å². The Hall–Kier alpha value is -2.75. The molecule has 2 aliphatic carbocycles. The van der Waals surface area contributed by atoms with Gasteiger partial charge in [-0.3, -0.25) is 4.79 Å². The van der Waals surface area contributed by atoms with Crippen molar-refractivity contribution < 1.29 is 40.6 Å². The highest BCUT2D eigenvalue weighted by molar-refractivity contribution is 5.73. The number of carbonyl (C=O) groups is 1. The van der Waals surface area contributed by atoms with E-state index in [4.69, 9.17) is 9.47 Å². The van der Waals surface area contributed by atoms with E-state index in [1.807, 2.05) is 19.1 Å². The largest absolute Gasteiger partial charge is 0.487 e. The molecule has 2 aromatic rings. The van der Waals surface area contributed by atoms with Crippen LogP contribution in [0.25, 0.3) is 0 Å². The monoisotopic (exact) mass is 569 g/mol. The second-order valence-corrected chi connectivity index (χ2v) is 11.6. The van der Waals surface area contributed by atoms with E-state index < -0.39 is 40.7 Å². The molecule has 2 aromatic carbocycles. The summed E-state index contributed by atoms with van der Waals surface area (Å²) in [5.41, 5.74) is -0.985. The van der Waals surface area contributed by atoms with Crippen LogP contribution in [0.3, 0.4) is 0 Å². The van der Waals surface area contributed by atoms with Crippen LogP contribution < -0.4 is 10.1 Å². The highest BCUT2D eigenvalue weighted by atomic mass is 19.4. The van der Waals surface area contributed by atoms with Gasteiger partial charge >= 0.3 is 18.3 Å². The molecule has 2 fully saturated rings. The molecule has 10 heteroatoms. The number of carbonyl (C=O) groups excluding carboxylic acids is 1. The van der Waals surface area contributed by atoms with Gasteiger partial charge in [-0.1, -0.05) is 19.1 Å². The Morgan fingerprint density at radius 2 is 1.73 bits per heavy atom. The molecule has 0 aromatic heterocycles. The molecule has 0 amide bonds. The number of nitrogens with one attached hydrogen (secondary N) is 1. The van der Waals surface area contributed by atoms with Gasteiger partial charge in [0.1, 0.15) is 11.4 Å². The average Bonchev–Trinajstić information content (AvgIpc) is 3.70. The minimum Gasteiger partial charge on any atom is -0.487 e. The molecule has 3 aliphatic rings. The molecule has 2 saturated carbocycles. The van der Waals surface area contributed by atoms with Crippen LogP contribution in [0.2, 0.25) is 0 Å². The lowest BCUT2D eigenvalue weighted by Gasteiger charge is -2.51. The van der Waals surface area contributed by atoms with Gasteiger partial charge in [-0.05, 0) is 85.4 Å². The van der Waals surface area contributed by atoms with Crippen molar-refractivity contribution >= 4 is 5.97 Å². The maximum absolute atomic E-state index is 13.6. The van der Waals surface area contributed by atoms with Gasteiger partial charge < -0.3 is 14.8 Å². The molecule has 3 atom stereocenters. The second kappa shape index (κ2) is 10.3. The van der Waals surface area contributed by atoms with Crippen LogP contribution in [0.4, 0.5) is 26.3 Å². The summed E-state index contributed by atoms with van der Waals surface area (Å²) >= 11 is 0. The van der Waals surface area contributed by atoms with E-state index in [0.717, 1.165) is 42.6 Å². The molecule has 4 nitrogen and oxygen atoms in total. The van der Waals surface area contributed by atoms with Gasteiger partial charge in [0.05, 0.1) is 24.2 Å². The van der Waals surface area contributed by atoms with Crippen LogP contribution in [0.15, 0.2) is 36.4 Å². The number of rotatable bonds is 7. The van der Waals surface area contributed by atoms with Crippen molar-refractivity contribution in [3.05, 3.63) is 64.2 Å². The number of ether oxygens (including phenoxy) is 2. The maximum atomic E-state index is 13.6. The topological polar surface area (TPSA) is 47.6 Å². The fourth-order valence-corrected chi connectivity index (χ4v) is 6.53. The van der Waals surface area contributed by atoms with Gasteiger partial charge in [-0.2, -0.15) is 26.3 Å². The molecular formula is C30H33F6NO3. The van der Waals surface area contributed by atoms with Crippen LogP contribution in [-0.4, -0.2) is 24.7 Å². The third kappa shape index (κ3) is 5.69. The summed E-state index contributed by atoms with van der Waals surface area (Å²) in [4.78, 5) is 12.3. The van der Waals surface area contributed by atoms with Crippen molar-refractivity contribution in [1.82, 2.24) is 5.32 Å². The van der Waals surface area contributed by atoms with Gasteiger partial charge in [0.15, 0.2) is 0 Å². The molecule has 218 valence electrons. The fourth-order valence-electron chi connectivity index (χ4n) is 6.53. The zero-order valence-electron chi connectivity index (χ0n) is 22.6. The van der Waals surface area contributed by atoms with Gasteiger partial charge in [-0.15, -0.1) is 0 Å². The molecule has 5 rings (SSSR count). The molecule has 1 aliphatic heterocycles. The number of fused-ring (bicyclic) bond motifs is 1. The molecule has 1 N–H and O–H groups in total.